The second kappa shape index (κ2) is 3.16. The molecule has 0 amide bonds. The van der Waals surface area contributed by atoms with Crippen molar-refractivity contribution in [2.75, 3.05) is 5.32 Å². The highest BCUT2D eigenvalue weighted by Gasteiger charge is 2.21. The van der Waals surface area contributed by atoms with Crippen molar-refractivity contribution < 1.29 is 4.39 Å². The van der Waals surface area contributed by atoms with E-state index in [-0.39, 0.29) is 0 Å². The first-order valence-electron chi connectivity index (χ1n) is 3.84. The number of nitrogens with zero attached hydrogens (tertiary/aromatic N) is 1. The third-order valence-electron chi connectivity index (χ3n) is 1.69. The Kier molecular flexibility index (Phi) is 2.16. The van der Waals surface area contributed by atoms with Crippen LogP contribution in [-0.2, 0) is 0 Å². The largest absolute Gasteiger partial charge is 0.367 e. The third kappa shape index (κ3) is 2.06. The van der Waals surface area contributed by atoms with Gasteiger partial charge in [-0.3, -0.25) is 0 Å². The van der Waals surface area contributed by atoms with E-state index in [1.165, 1.54) is 18.9 Å². The number of nitrogens with one attached hydrogen (secondary N) is 1. The molecule has 0 atom stereocenters. The minimum Gasteiger partial charge on any atom is -0.367 e. The number of hydrogen-bond acceptors (Lipinski definition) is 2. The summed E-state index contributed by atoms with van der Waals surface area (Å²) in [5.74, 6) is 0.243. The molecular formula is C8H8FIN2. The van der Waals surface area contributed by atoms with E-state index in [2.05, 4.69) is 32.9 Å². The zero-order chi connectivity index (χ0) is 8.55. The highest BCUT2D eigenvalue weighted by molar-refractivity contribution is 14.1. The summed E-state index contributed by atoms with van der Waals surface area (Å²) in [5.41, 5.74) is 0. The highest BCUT2D eigenvalue weighted by atomic mass is 127. The third-order valence-corrected chi connectivity index (χ3v) is 2.31. The van der Waals surface area contributed by atoms with E-state index in [9.17, 15) is 4.39 Å². The Balaban J connectivity index is 2.18. The minimum absolute atomic E-state index is 0.412. The van der Waals surface area contributed by atoms with Crippen LogP contribution in [0.15, 0.2) is 12.1 Å². The molecule has 0 aliphatic heterocycles. The Morgan fingerprint density at radius 2 is 2.25 bits per heavy atom. The molecule has 12 heavy (non-hydrogen) atoms. The molecule has 1 aromatic heterocycles. The number of pyridine rings is 1. The van der Waals surface area contributed by atoms with E-state index in [0.717, 1.165) is 3.57 Å². The second-order valence-electron chi connectivity index (χ2n) is 2.91. The predicted molar refractivity (Wildman–Crippen MR) is 53.6 cm³/mol. The first-order valence-corrected chi connectivity index (χ1v) is 4.91. The van der Waals surface area contributed by atoms with Gasteiger partial charge in [0.15, 0.2) is 0 Å². The number of aromatic nitrogens is 1. The molecule has 64 valence electrons. The lowest BCUT2D eigenvalue weighted by Gasteiger charge is -2.02. The molecule has 1 aliphatic carbocycles. The van der Waals surface area contributed by atoms with E-state index in [4.69, 9.17) is 0 Å². The molecule has 1 aromatic rings. The maximum Gasteiger partial charge on any atom is 0.215 e. The number of rotatable bonds is 2. The van der Waals surface area contributed by atoms with Crippen LogP contribution in [0, 0.1) is 9.52 Å². The van der Waals surface area contributed by atoms with Crippen molar-refractivity contribution in [3.05, 3.63) is 21.7 Å². The molecule has 1 saturated carbocycles. The van der Waals surface area contributed by atoms with E-state index >= 15 is 0 Å². The van der Waals surface area contributed by atoms with Crippen molar-refractivity contribution in [1.82, 2.24) is 4.98 Å². The van der Waals surface area contributed by atoms with Crippen LogP contribution in [0.5, 0.6) is 0 Å². The molecule has 1 aliphatic rings. The zero-order valence-corrected chi connectivity index (χ0v) is 8.51. The average Bonchev–Trinajstić information content (AvgIpc) is 2.68. The minimum atomic E-state index is -0.412. The Morgan fingerprint density at radius 1 is 1.50 bits per heavy atom. The SMILES string of the molecule is Fc1cc(I)cc(NC2CC2)n1. The molecule has 0 spiro atoms. The van der Waals surface area contributed by atoms with Crippen LogP contribution in [-0.4, -0.2) is 11.0 Å². The molecule has 0 bridgehead atoms. The summed E-state index contributed by atoms with van der Waals surface area (Å²) in [6.45, 7) is 0. The predicted octanol–water partition coefficient (Wildman–Crippen LogP) is 2.40. The fraction of sp³-hybridized carbons (Fsp3) is 0.375. The average molecular weight is 278 g/mol. The van der Waals surface area contributed by atoms with Gasteiger partial charge >= 0.3 is 0 Å². The summed E-state index contributed by atoms with van der Waals surface area (Å²) in [7, 11) is 0. The summed E-state index contributed by atoms with van der Waals surface area (Å²) in [4.78, 5) is 3.73. The van der Waals surface area contributed by atoms with Crippen LogP contribution in [0.2, 0.25) is 0 Å². The maximum absolute atomic E-state index is 12.7. The van der Waals surface area contributed by atoms with Gasteiger partial charge in [0.1, 0.15) is 5.82 Å². The highest BCUT2D eigenvalue weighted by Crippen LogP contribution is 2.24. The Bertz CT molecular complexity index is 279. The zero-order valence-electron chi connectivity index (χ0n) is 6.35. The normalized spacial score (nSPS) is 16.2. The van der Waals surface area contributed by atoms with Crippen molar-refractivity contribution in [3.63, 3.8) is 0 Å². The number of anilines is 1. The van der Waals surface area contributed by atoms with Crippen LogP contribution in [0.3, 0.4) is 0 Å². The summed E-state index contributed by atoms with van der Waals surface area (Å²) in [6, 6.07) is 3.79. The van der Waals surface area contributed by atoms with Crippen molar-refractivity contribution in [3.8, 4) is 0 Å². The van der Waals surface area contributed by atoms with Crippen molar-refractivity contribution >= 4 is 28.4 Å². The summed E-state index contributed by atoms with van der Waals surface area (Å²) in [6.07, 6.45) is 2.35. The van der Waals surface area contributed by atoms with Gasteiger partial charge in [-0.25, -0.2) is 4.98 Å². The molecule has 0 saturated heterocycles. The molecule has 1 fully saturated rings. The lowest BCUT2D eigenvalue weighted by atomic mass is 10.4. The van der Waals surface area contributed by atoms with Gasteiger partial charge < -0.3 is 5.32 Å². The van der Waals surface area contributed by atoms with Gasteiger partial charge in [-0.1, -0.05) is 0 Å². The number of halogens is 2. The molecule has 0 radical (unpaired) electrons. The first-order chi connectivity index (χ1) is 5.74. The molecular weight excluding hydrogens is 270 g/mol. The standard InChI is InChI=1S/C8H8FIN2/c9-7-3-5(10)4-8(12-7)11-6-1-2-6/h3-4,6H,1-2H2,(H,11,12). The van der Waals surface area contributed by atoms with Crippen LogP contribution >= 0.6 is 22.6 Å². The van der Waals surface area contributed by atoms with E-state index in [1.54, 1.807) is 0 Å². The summed E-state index contributed by atoms with van der Waals surface area (Å²) >= 11 is 2.08. The van der Waals surface area contributed by atoms with Gasteiger partial charge in [-0.05, 0) is 41.5 Å². The smallest absolute Gasteiger partial charge is 0.215 e. The fourth-order valence-corrected chi connectivity index (χ4v) is 1.53. The summed E-state index contributed by atoms with van der Waals surface area (Å²) in [5, 5.41) is 3.14. The van der Waals surface area contributed by atoms with Crippen LogP contribution in [0.25, 0.3) is 0 Å². The van der Waals surface area contributed by atoms with Gasteiger partial charge in [0.25, 0.3) is 0 Å². The van der Waals surface area contributed by atoms with E-state index in [0.29, 0.717) is 11.9 Å². The van der Waals surface area contributed by atoms with Crippen molar-refractivity contribution in [2.24, 2.45) is 0 Å². The summed E-state index contributed by atoms with van der Waals surface area (Å²) < 4.78 is 13.6. The molecule has 1 N–H and O–H groups in total. The van der Waals surface area contributed by atoms with Crippen LogP contribution in [0.1, 0.15) is 12.8 Å². The van der Waals surface area contributed by atoms with Gasteiger partial charge in [0.2, 0.25) is 5.95 Å². The number of hydrogen-bond donors (Lipinski definition) is 1. The molecule has 4 heteroatoms. The lowest BCUT2D eigenvalue weighted by molar-refractivity contribution is 0.584. The lowest BCUT2D eigenvalue weighted by Crippen LogP contribution is -2.04. The Hall–Kier alpha value is -0.390. The van der Waals surface area contributed by atoms with Gasteiger partial charge in [-0.15, -0.1) is 0 Å². The maximum atomic E-state index is 12.7. The van der Waals surface area contributed by atoms with Crippen molar-refractivity contribution in [2.45, 2.75) is 18.9 Å². The van der Waals surface area contributed by atoms with Crippen LogP contribution < -0.4 is 5.32 Å². The first kappa shape index (κ1) is 8.22. The van der Waals surface area contributed by atoms with Gasteiger partial charge in [0, 0.05) is 15.7 Å². The van der Waals surface area contributed by atoms with Crippen LogP contribution in [0.4, 0.5) is 10.2 Å². The molecule has 0 aromatic carbocycles. The molecule has 0 unspecified atom stereocenters. The van der Waals surface area contributed by atoms with Crippen molar-refractivity contribution in [1.29, 1.82) is 0 Å². The van der Waals surface area contributed by atoms with E-state index in [1.807, 2.05) is 6.07 Å². The van der Waals surface area contributed by atoms with Gasteiger partial charge in [-0.2, -0.15) is 4.39 Å². The van der Waals surface area contributed by atoms with E-state index < -0.39 is 5.95 Å². The second-order valence-corrected chi connectivity index (χ2v) is 4.16. The molecule has 2 rings (SSSR count). The van der Waals surface area contributed by atoms with Gasteiger partial charge in [0.05, 0.1) is 0 Å². The monoisotopic (exact) mass is 278 g/mol. The quantitative estimate of drug-likeness (QED) is 0.663. The topological polar surface area (TPSA) is 24.9 Å². The Morgan fingerprint density at radius 3 is 2.83 bits per heavy atom. The Labute approximate surface area is 83.7 Å². The molecule has 1 heterocycles. The fourth-order valence-electron chi connectivity index (χ4n) is 0.976. The molecule has 2 nitrogen and oxygen atoms in total.